The molecule has 0 saturated carbocycles. The number of hydrogen-bond donors (Lipinski definition) is 0. The molecule has 0 unspecified atom stereocenters. The van der Waals surface area contributed by atoms with E-state index in [-0.39, 0.29) is 6.61 Å². The summed E-state index contributed by atoms with van der Waals surface area (Å²) in [5, 5.41) is 0. The van der Waals surface area contributed by atoms with Crippen LogP contribution in [0.3, 0.4) is 0 Å². The van der Waals surface area contributed by atoms with Crippen molar-refractivity contribution in [1.29, 1.82) is 0 Å². The lowest BCUT2D eigenvalue weighted by molar-refractivity contribution is -0.136. The Labute approximate surface area is 175 Å². The van der Waals surface area contributed by atoms with Gasteiger partial charge in [-0.2, -0.15) is 0 Å². The van der Waals surface area contributed by atoms with Crippen LogP contribution in [0.1, 0.15) is 11.1 Å². The smallest absolute Gasteiger partial charge is 0.349 e. The second-order valence-electron chi connectivity index (χ2n) is 6.14. The van der Waals surface area contributed by atoms with Crippen LogP contribution in [-0.4, -0.2) is 12.6 Å². The maximum Gasteiger partial charge on any atom is 0.349 e. The molecule has 27 heavy (non-hydrogen) atoms. The van der Waals surface area contributed by atoms with Crippen molar-refractivity contribution in [3.8, 4) is 22.6 Å². The van der Waals surface area contributed by atoms with Gasteiger partial charge in [-0.25, -0.2) is 4.79 Å². The summed E-state index contributed by atoms with van der Waals surface area (Å²) in [6.07, 6.45) is 0. The summed E-state index contributed by atoms with van der Waals surface area (Å²) in [4.78, 5) is 12.2. The molecular weight excluding hydrogens is 472 g/mol. The highest BCUT2D eigenvalue weighted by molar-refractivity contribution is 9.10. The van der Waals surface area contributed by atoms with E-state index in [1.54, 1.807) is 6.07 Å². The van der Waals surface area contributed by atoms with Gasteiger partial charge < -0.3 is 9.47 Å². The third kappa shape index (κ3) is 4.99. The average Bonchev–Trinajstić information content (AvgIpc) is 2.63. The lowest BCUT2D eigenvalue weighted by Crippen LogP contribution is -2.18. The van der Waals surface area contributed by atoms with Crippen LogP contribution in [0.15, 0.2) is 69.6 Å². The van der Waals surface area contributed by atoms with E-state index in [1.807, 2.05) is 68.4 Å². The highest BCUT2D eigenvalue weighted by atomic mass is 79.9. The molecule has 0 atom stereocenters. The van der Waals surface area contributed by atoms with Crippen LogP contribution < -0.4 is 9.47 Å². The molecule has 0 aromatic heterocycles. The van der Waals surface area contributed by atoms with E-state index >= 15 is 0 Å². The number of carbonyl (C=O) groups is 1. The van der Waals surface area contributed by atoms with Gasteiger partial charge in [0.15, 0.2) is 6.61 Å². The van der Waals surface area contributed by atoms with Crippen LogP contribution >= 0.6 is 31.9 Å². The van der Waals surface area contributed by atoms with Crippen molar-refractivity contribution >= 4 is 37.8 Å². The topological polar surface area (TPSA) is 35.5 Å². The highest BCUT2D eigenvalue weighted by Crippen LogP contribution is 2.31. The van der Waals surface area contributed by atoms with Gasteiger partial charge in [0.1, 0.15) is 11.5 Å². The molecule has 3 aromatic carbocycles. The molecule has 138 valence electrons. The van der Waals surface area contributed by atoms with Gasteiger partial charge in [-0.05, 0) is 76.3 Å². The van der Waals surface area contributed by atoms with Gasteiger partial charge in [-0.15, -0.1) is 0 Å². The molecule has 0 spiro atoms. The van der Waals surface area contributed by atoms with Crippen LogP contribution in [0, 0.1) is 13.8 Å². The molecule has 0 aliphatic carbocycles. The Morgan fingerprint density at radius 2 is 1.56 bits per heavy atom. The molecule has 3 nitrogen and oxygen atoms in total. The fourth-order valence-corrected chi connectivity index (χ4v) is 3.95. The SMILES string of the molecule is Cc1cc(Br)cc(C)c1OCC(=O)Oc1ccc(-c2ccccc2)cc1Br. The minimum Gasteiger partial charge on any atom is -0.481 e. The summed E-state index contributed by atoms with van der Waals surface area (Å²) in [5.74, 6) is 0.714. The van der Waals surface area contributed by atoms with E-state index in [0.29, 0.717) is 16.0 Å². The Balaban J connectivity index is 1.66. The van der Waals surface area contributed by atoms with Crippen molar-refractivity contribution in [3.05, 3.63) is 80.7 Å². The van der Waals surface area contributed by atoms with Crippen LogP contribution in [-0.2, 0) is 4.79 Å². The van der Waals surface area contributed by atoms with Crippen molar-refractivity contribution < 1.29 is 14.3 Å². The summed E-state index contributed by atoms with van der Waals surface area (Å²) in [6, 6.07) is 19.5. The highest BCUT2D eigenvalue weighted by Gasteiger charge is 2.12. The zero-order chi connectivity index (χ0) is 19.4. The number of ether oxygens (including phenoxy) is 2. The molecule has 5 heteroatoms. The van der Waals surface area contributed by atoms with Crippen LogP contribution in [0.4, 0.5) is 0 Å². The predicted octanol–water partition coefficient (Wildman–Crippen LogP) is 6.48. The Bertz CT molecular complexity index is 946. The van der Waals surface area contributed by atoms with Crippen molar-refractivity contribution in [2.45, 2.75) is 13.8 Å². The number of carbonyl (C=O) groups excluding carboxylic acids is 1. The molecule has 0 radical (unpaired) electrons. The molecule has 0 bridgehead atoms. The van der Waals surface area contributed by atoms with Gasteiger partial charge >= 0.3 is 5.97 Å². The van der Waals surface area contributed by atoms with E-state index in [9.17, 15) is 4.79 Å². The standard InChI is InChI=1S/C22H18Br2O3/c1-14-10-18(23)11-15(2)22(14)26-13-21(25)27-20-9-8-17(12-19(20)24)16-6-4-3-5-7-16/h3-12H,13H2,1-2H3. The van der Waals surface area contributed by atoms with Crippen LogP contribution in [0.25, 0.3) is 11.1 Å². The maximum atomic E-state index is 12.2. The number of halogens is 2. The summed E-state index contributed by atoms with van der Waals surface area (Å²) in [7, 11) is 0. The number of hydrogen-bond acceptors (Lipinski definition) is 3. The number of rotatable bonds is 5. The second kappa shape index (κ2) is 8.72. The normalized spacial score (nSPS) is 10.5. The molecule has 3 aromatic rings. The van der Waals surface area contributed by atoms with E-state index in [4.69, 9.17) is 9.47 Å². The summed E-state index contributed by atoms with van der Waals surface area (Å²) in [5.41, 5.74) is 4.06. The minimum atomic E-state index is -0.454. The fraction of sp³-hybridized carbons (Fsp3) is 0.136. The van der Waals surface area contributed by atoms with Crippen LogP contribution in [0.2, 0.25) is 0 Å². The zero-order valence-corrected chi connectivity index (χ0v) is 18.1. The Hall–Kier alpha value is -2.11. The lowest BCUT2D eigenvalue weighted by Gasteiger charge is -2.13. The van der Waals surface area contributed by atoms with Gasteiger partial charge in [-0.1, -0.05) is 52.3 Å². The number of aryl methyl sites for hydroxylation is 2. The molecule has 0 saturated heterocycles. The maximum absolute atomic E-state index is 12.2. The average molecular weight is 490 g/mol. The summed E-state index contributed by atoms with van der Waals surface area (Å²) < 4.78 is 12.8. The quantitative estimate of drug-likeness (QED) is 0.304. The molecule has 0 amide bonds. The van der Waals surface area contributed by atoms with E-state index in [0.717, 1.165) is 26.7 Å². The Morgan fingerprint density at radius 1 is 0.889 bits per heavy atom. The fourth-order valence-electron chi connectivity index (χ4n) is 2.80. The minimum absolute atomic E-state index is 0.157. The number of benzene rings is 3. The molecule has 0 fully saturated rings. The summed E-state index contributed by atoms with van der Waals surface area (Å²) >= 11 is 6.93. The predicted molar refractivity (Wildman–Crippen MR) is 114 cm³/mol. The first-order valence-corrected chi connectivity index (χ1v) is 9.98. The van der Waals surface area contributed by atoms with Gasteiger partial charge in [0.25, 0.3) is 0 Å². The van der Waals surface area contributed by atoms with Crippen molar-refractivity contribution in [1.82, 2.24) is 0 Å². The molecule has 0 aliphatic rings. The molecular formula is C22H18Br2O3. The molecule has 0 N–H and O–H groups in total. The van der Waals surface area contributed by atoms with Gasteiger partial charge in [0, 0.05) is 4.47 Å². The Kier molecular flexibility index (Phi) is 6.34. The van der Waals surface area contributed by atoms with E-state index in [1.165, 1.54) is 0 Å². The van der Waals surface area contributed by atoms with Gasteiger partial charge in [0.2, 0.25) is 0 Å². The largest absolute Gasteiger partial charge is 0.481 e. The molecule has 3 rings (SSSR count). The number of esters is 1. The zero-order valence-electron chi connectivity index (χ0n) is 15.0. The first-order chi connectivity index (χ1) is 12.9. The summed E-state index contributed by atoms with van der Waals surface area (Å²) in [6.45, 7) is 3.73. The molecule has 0 heterocycles. The first kappa shape index (κ1) is 19.6. The van der Waals surface area contributed by atoms with Gasteiger partial charge in [-0.3, -0.25) is 0 Å². The van der Waals surface area contributed by atoms with E-state index < -0.39 is 5.97 Å². The molecule has 0 aliphatic heterocycles. The van der Waals surface area contributed by atoms with Crippen LogP contribution in [0.5, 0.6) is 11.5 Å². The first-order valence-electron chi connectivity index (χ1n) is 8.39. The monoisotopic (exact) mass is 488 g/mol. The third-order valence-electron chi connectivity index (χ3n) is 4.02. The lowest BCUT2D eigenvalue weighted by atomic mass is 10.1. The van der Waals surface area contributed by atoms with Gasteiger partial charge in [0.05, 0.1) is 4.47 Å². The Morgan fingerprint density at radius 3 is 2.19 bits per heavy atom. The second-order valence-corrected chi connectivity index (χ2v) is 7.91. The van der Waals surface area contributed by atoms with Crippen molar-refractivity contribution in [3.63, 3.8) is 0 Å². The van der Waals surface area contributed by atoms with Crippen molar-refractivity contribution in [2.24, 2.45) is 0 Å². The van der Waals surface area contributed by atoms with Crippen molar-refractivity contribution in [2.75, 3.05) is 6.61 Å². The van der Waals surface area contributed by atoms with E-state index in [2.05, 4.69) is 31.9 Å². The third-order valence-corrected chi connectivity index (χ3v) is 5.10.